The molecular formula is C15H24O. The van der Waals surface area contributed by atoms with Crippen molar-refractivity contribution in [3.8, 4) is 0 Å². The van der Waals surface area contributed by atoms with Crippen LogP contribution in [0.1, 0.15) is 59.8 Å². The van der Waals surface area contributed by atoms with Crippen LogP contribution in [-0.2, 0) is 4.79 Å². The van der Waals surface area contributed by atoms with E-state index in [0.717, 1.165) is 25.2 Å². The number of allylic oxidation sites excluding steroid dienone is 2. The fourth-order valence-electron chi connectivity index (χ4n) is 3.51. The molecule has 1 heteroatoms. The van der Waals surface area contributed by atoms with E-state index in [1.807, 2.05) is 6.08 Å². The molecule has 1 spiro atoms. The lowest BCUT2D eigenvalue weighted by molar-refractivity contribution is -0.125. The van der Waals surface area contributed by atoms with Crippen molar-refractivity contribution in [2.75, 3.05) is 0 Å². The fourth-order valence-corrected chi connectivity index (χ4v) is 3.51. The zero-order chi connectivity index (χ0) is 12.0. The lowest BCUT2D eigenvalue weighted by atomic mass is 9.62. The molecule has 0 aromatic rings. The van der Waals surface area contributed by atoms with Crippen LogP contribution >= 0.6 is 0 Å². The molecule has 0 bridgehead atoms. The van der Waals surface area contributed by atoms with Gasteiger partial charge in [-0.1, -0.05) is 26.3 Å². The summed E-state index contributed by atoms with van der Waals surface area (Å²) < 4.78 is 0. The first kappa shape index (κ1) is 11.9. The minimum absolute atomic E-state index is 0.0197. The van der Waals surface area contributed by atoms with Crippen molar-refractivity contribution in [1.82, 2.24) is 0 Å². The molecule has 0 aromatic carbocycles. The number of hydrogen-bond donors (Lipinski definition) is 0. The van der Waals surface area contributed by atoms with Gasteiger partial charge >= 0.3 is 0 Å². The predicted octanol–water partition coefficient (Wildman–Crippen LogP) is 4.13. The molecule has 1 fully saturated rings. The highest BCUT2D eigenvalue weighted by atomic mass is 16.1. The average molecular weight is 220 g/mol. The Morgan fingerprint density at radius 2 is 1.81 bits per heavy atom. The molecule has 0 heterocycles. The highest BCUT2D eigenvalue weighted by Crippen LogP contribution is 2.50. The summed E-state index contributed by atoms with van der Waals surface area (Å²) in [5.41, 5.74) is 1.72. The topological polar surface area (TPSA) is 17.1 Å². The van der Waals surface area contributed by atoms with Crippen LogP contribution in [0.25, 0.3) is 0 Å². The minimum atomic E-state index is 0.0197. The molecule has 0 saturated heterocycles. The summed E-state index contributed by atoms with van der Waals surface area (Å²) in [6, 6.07) is 0. The van der Waals surface area contributed by atoms with Gasteiger partial charge in [0.2, 0.25) is 0 Å². The Bertz CT molecular complexity index is 322. The summed E-state index contributed by atoms with van der Waals surface area (Å²) in [5.74, 6) is 1.21. The summed E-state index contributed by atoms with van der Waals surface area (Å²) in [7, 11) is 0. The standard InChI is InChI=1S/C15H24O/c1-11-9-13(16)15(10-11)7-5-12(6-8-15)14(2,3)4/h9,12H,5-8,10H2,1-4H3. The van der Waals surface area contributed by atoms with Crippen molar-refractivity contribution in [1.29, 1.82) is 0 Å². The van der Waals surface area contributed by atoms with Gasteiger partial charge in [0.05, 0.1) is 0 Å². The molecule has 0 amide bonds. The molecule has 0 aromatic heterocycles. The van der Waals surface area contributed by atoms with Crippen LogP contribution in [0, 0.1) is 16.7 Å². The Labute approximate surface area is 99.3 Å². The summed E-state index contributed by atoms with van der Waals surface area (Å²) in [4.78, 5) is 12.0. The first-order valence-electron chi connectivity index (χ1n) is 6.55. The highest BCUT2D eigenvalue weighted by molar-refractivity contribution is 5.98. The van der Waals surface area contributed by atoms with Crippen molar-refractivity contribution >= 4 is 5.78 Å². The Hall–Kier alpha value is -0.590. The van der Waals surface area contributed by atoms with Crippen molar-refractivity contribution < 1.29 is 4.79 Å². The van der Waals surface area contributed by atoms with Crippen molar-refractivity contribution in [2.45, 2.75) is 59.8 Å². The van der Waals surface area contributed by atoms with Crippen LogP contribution in [0.4, 0.5) is 0 Å². The van der Waals surface area contributed by atoms with Crippen LogP contribution in [0.3, 0.4) is 0 Å². The van der Waals surface area contributed by atoms with E-state index in [2.05, 4.69) is 27.7 Å². The number of carbonyl (C=O) groups excluding carboxylic acids is 1. The largest absolute Gasteiger partial charge is 0.294 e. The third-order valence-electron chi connectivity index (χ3n) is 4.68. The second kappa shape index (κ2) is 3.72. The molecule has 2 rings (SSSR count). The van der Waals surface area contributed by atoms with E-state index in [0.29, 0.717) is 11.2 Å². The molecule has 0 atom stereocenters. The van der Waals surface area contributed by atoms with Gasteiger partial charge < -0.3 is 0 Å². The number of rotatable bonds is 0. The molecule has 0 radical (unpaired) electrons. The Kier molecular flexibility index (Phi) is 2.76. The van der Waals surface area contributed by atoms with Crippen LogP contribution in [0.5, 0.6) is 0 Å². The van der Waals surface area contributed by atoms with E-state index >= 15 is 0 Å². The zero-order valence-electron chi connectivity index (χ0n) is 11.1. The first-order chi connectivity index (χ1) is 7.33. The molecule has 16 heavy (non-hydrogen) atoms. The third-order valence-corrected chi connectivity index (χ3v) is 4.68. The minimum Gasteiger partial charge on any atom is -0.294 e. The van der Waals surface area contributed by atoms with Gasteiger partial charge in [0.25, 0.3) is 0 Å². The van der Waals surface area contributed by atoms with E-state index in [4.69, 9.17) is 0 Å². The third kappa shape index (κ3) is 1.97. The quantitative estimate of drug-likeness (QED) is 0.600. The van der Waals surface area contributed by atoms with Crippen molar-refractivity contribution in [3.05, 3.63) is 11.6 Å². The van der Waals surface area contributed by atoms with E-state index in [1.54, 1.807) is 0 Å². The van der Waals surface area contributed by atoms with Gasteiger partial charge in [0, 0.05) is 5.41 Å². The molecule has 90 valence electrons. The maximum atomic E-state index is 12.0. The monoisotopic (exact) mass is 220 g/mol. The Balaban J connectivity index is 2.04. The van der Waals surface area contributed by atoms with Gasteiger partial charge in [0.1, 0.15) is 0 Å². The van der Waals surface area contributed by atoms with E-state index in [9.17, 15) is 4.79 Å². The molecular weight excluding hydrogens is 196 g/mol. The molecule has 2 aliphatic rings. The number of ketones is 1. The maximum absolute atomic E-state index is 12.0. The normalized spacial score (nSPS) is 35.6. The van der Waals surface area contributed by atoms with E-state index in [1.165, 1.54) is 18.4 Å². The Morgan fingerprint density at radius 1 is 1.25 bits per heavy atom. The molecule has 0 aliphatic heterocycles. The predicted molar refractivity (Wildman–Crippen MR) is 67.2 cm³/mol. The highest BCUT2D eigenvalue weighted by Gasteiger charge is 2.45. The van der Waals surface area contributed by atoms with Crippen LogP contribution < -0.4 is 0 Å². The Morgan fingerprint density at radius 3 is 2.19 bits per heavy atom. The molecule has 0 unspecified atom stereocenters. The lowest BCUT2D eigenvalue weighted by Gasteiger charge is -2.41. The number of hydrogen-bond acceptors (Lipinski definition) is 1. The fraction of sp³-hybridized carbons (Fsp3) is 0.800. The summed E-state index contributed by atoms with van der Waals surface area (Å²) in [6.45, 7) is 9.09. The van der Waals surface area contributed by atoms with E-state index < -0.39 is 0 Å². The van der Waals surface area contributed by atoms with Gasteiger partial charge in [-0.2, -0.15) is 0 Å². The van der Waals surface area contributed by atoms with Gasteiger partial charge in [0.15, 0.2) is 5.78 Å². The second-order valence-corrected chi connectivity index (χ2v) is 6.95. The summed E-state index contributed by atoms with van der Waals surface area (Å²) in [6.07, 6.45) is 7.61. The average Bonchev–Trinajstić information content (AvgIpc) is 2.41. The van der Waals surface area contributed by atoms with Crippen LogP contribution in [0.15, 0.2) is 11.6 Å². The first-order valence-corrected chi connectivity index (χ1v) is 6.55. The molecule has 2 aliphatic carbocycles. The van der Waals surface area contributed by atoms with Gasteiger partial charge in [-0.15, -0.1) is 0 Å². The SMILES string of the molecule is CC1=CC(=O)C2(CCC(C(C)(C)C)CC2)C1. The molecule has 1 saturated carbocycles. The second-order valence-electron chi connectivity index (χ2n) is 6.95. The summed E-state index contributed by atoms with van der Waals surface area (Å²) in [5, 5.41) is 0. The zero-order valence-corrected chi connectivity index (χ0v) is 11.1. The van der Waals surface area contributed by atoms with Gasteiger partial charge in [-0.25, -0.2) is 0 Å². The van der Waals surface area contributed by atoms with Crippen LogP contribution in [0.2, 0.25) is 0 Å². The van der Waals surface area contributed by atoms with E-state index in [-0.39, 0.29) is 5.41 Å². The van der Waals surface area contributed by atoms with Crippen LogP contribution in [-0.4, -0.2) is 5.78 Å². The lowest BCUT2D eigenvalue weighted by Crippen LogP contribution is -2.35. The van der Waals surface area contributed by atoms with Crippen molar-refractivity contribution in [3.63, 3.8) is 0 Å². The molecule has 0 N–H and O–H groups in total. The summed E-state index contributed by atoms with van der Waals surface area (Å²) >= 11 is 0. The van der Waals surface area contributed by atoms with Gasteiger partial charge in [-0.3, -0.25) is 4.79 Å². The molecule has 1 nitrogen and oxygen atoms in total. The number of carbonyl (C=O) groups is 1. The van der Waals surface area contributed by atoms with Gasteiger partial charge in [-0.05, 0) is 56.4 Å². The maximum Gasteiger partial charge on any atom is 0.162 e. The smallest absolute Gasteiger partial charge is 0.162 e. The van der Waals surface area contributed by atoms with Crippen molar-refractivity contribution in [2.24, 2.45) is 16.7 Å².